The number of halogens is 1. The van der Waals surface area contributed by atoms with E-state index in [1.165, 1.54) is 11.8 Å². The number of carbonyl (C=O) groups excluding carboxylic acids is 1. The van der Waals surface area contributed by atoms with Crippen LogP contribution in [0.2, 0.25) is 5.02 Å². The van der Waals surface area contributed by atoms with E-state index < -0.39 is 0 Å². The number of benzene rings is 1. The molecular formula is C25H25ClN4O3S. The van der Waals surface area contributed by atoms with Crippen LogP contribution >= 0.6 is 23.4 Å². The van der Waals surface area contributed by atoms with Gasteiger partial charge in [0.25, 0.3) is 11.5 Å². The minimum atomic E-state index is -0.115. The van der Waals surface area contributed by atoms with Gasteiger partial charge in [0.05, 0.1) is 16.1 Å². The molecule has 1 saturated carbocycles. The molecule has 1 aliphatic rings. The van der Waals surface area contributed by atoms with Gasteiger partial charge >= 0.3 is 0 Å². The van der Waals surface area contributed by atoms with Crippen LogP contribution in [-0.4, -0.2) is 33.4 Å². The number of pyridine rings is 2. The Hall–Kier alpha value is -2.84. The first kappa shape index (κ1) is 22.9. The molecule has 1 N–H and O–H groups in total. The van der Waals surface area contributed by atoms with E-state index in [-0.39, 0.29) is 23.4 Å². The van der Waals surface area contributed by atoms with E-state index in [0.717, 1.165) is 36.6 Å². The molecule has 1 fully saturated rings. The van der Waals surface area contributed by atoms with Gasteiger partial charge in [-0.1, -0.05) is 29.2 Å². The highest BCUT2D eigenvalue weighted by atomic mass is 35.5. The van der Waals surface area contributed by atoms with E-state index in [4.69, 9.17) is 16.1 Å². The average molecular weight is 497 g/mol. The Kier molecular flexibility index (Phi) is 6.36. The third-order valence-electron chi connectivity index (χ3n) is 6.66. The van der Waals surface area contributed by atoms with Crippen molar-refractivity contribution in [1.82, 2.24) is 20.0 Å². The van der Waals surface area contributed by atoms with Gasteiger partial charge in [0.15, 0.2) is 0 Å². The number of rotatable bonds is 5. The molecule has 1 aromatic carbocycles. The minimum absolute atomic E-state index is 0.00275. The van der Waals surface area contributed by atoms with Crippen molar-refractivity contribution in [3.05, 3.63) is 63.2 Å². The lowest BCUT2D eigenvalue weighted by Crippen LogP contribution is -2.35. The molecule has 34 heavy (non-hydrogen) atoms. The van der Waals surface area contributed by atoms with Gasteiger partial charge in [0, 0.05) is 24.2 Å². The van der Waals surface area contributed by atoms with Gasteiger partial charge < -0.3 is 14.4 Å². The van der Waals surface area contributed by atoms with Gasteiger partial charge in [-0.3, -0.25) is 9.59 Å². The highest BCUT2D eigenvalue weighted by Crippen LogP contribution is 2.37. The van der Waals surface area contributed by atoms with Crippen molar-refractivity contribution >= 4 is 51.1 Å². The number of hydrogen-bond donors (Lipinski definition) is 1. The molecule has 3 heterocycles. The summed E-state index contributed by atoms with van der Waals surface area (Å²) in [6.45, 7) is 2.31. The Morgan fingerprint density at radius 1 is 1.26 bits per heavy atom. The summed E-state index contributed by atoms with van der Waals surface area (Å²) in [6, 6.07) is 9.16. The summed E-state index contributed by atoms with van der Waals surface area (Å²) in [5, 5.41) is 9.71. The van der Waals surface area contributed by atoms with E-state index in [0.29, 0.717) is 38.8 Å². The molecule has 0 bridgehead atoms. The molecule has 3 aromatic heterocycles. The van der Waals surface area contributed by atoms with Crippen molar-refractivity contribution in [3.8, 4) is 0 Å². The fraction of sp³-hybridized carbons (Fsp3) is 0.360. The van der Waals surface area contributed by atoms with E-state index in [1.807, 2.05) is 29.0 Å². The smallest absolute Gasteiger partial charge is 0.264 e. The van der Waals surface area contributed by atoms with Gasteiger partial charge in [-0.25, -0.2) is 4.98 Å². The number of nitrogens with zero attached hydrogens (tertiary/aromatic N) is 3. The lowest BCUT2D eigenvalue weighted by atomic mass is 9.85. The fourth-order valence-electron chi connectivity index (χ4n) is 5.08. The molecule has 4 aromatic rings. The largest absolute Gasteiger partial charge is 0.360 e. The maximum atomic E-state index is 13.6. The monoisotopic (exact) mass is 496 g/mol. The zero-order valence-electron chi connectivity index (χ0n) is 19.0. The first-order valence-corrected chi connectivity index (χ1v) is 13.0. The van der Waals surface area contributed by atoms with E-state index in [1.54, 1.807) is 25.3 Å². The molecule has 0 radical (unpaired) electrons. The molecule has 9 heteroatoms. The quantitative estimate of drug-likeness (QED) is 0.373. The van der Waals surface area contributed by atoms with Crippen LogP contribution in [0.15, 0.2) is 50.9 Å². The third-order valence-corrected chi connectivity index (χ3v) is 7.69. The van der Waals surface area contributed by atoms with Crippen molar-refractivity contribution in [2.75, 3.05) is 12.8 Å². The van der Waals surface area contributed by atoms with Crippen molar-refractivity contribution in [3.63, 3.8) is 0 Å². The molecular weight excluding hydrogens is 472 g/mol. The molecule has 0 unspecified atom stereocenters. The number of aromatic nitrogens is 3. The van der Waals surface area contributed by atoms with Crippen LogP contribution in [0.4, 0.5) is 0 Å². The highest BCUT2D eigenvalue weighted by Gasteiger charge is 2.28. The Morgan fingerprint density at radius 3 is 2.94 bits per heavy atom. The van der Waals surface area contributed by atoms with Crippen molar-refractivity contribution in [1.29, 1.82) is 0 Å². The SMILES string of the molecule is CSc1ncccc1C(=O)NC[C@@H]1CCC[C@H](n2c(=O)c3c(C)onc3c3c(Cl)cccc32)C1. The second-order valence-corrected chi connectivity index (χ2v) is 9.93. The van der Waals surface area contributed by atoms with Crippen LogP contribution in [0.3, 0.4) is 0 Å². The van der Waals surface area contributed by atoms with Crippen LogP contribution in [0.5, 0.6) is 0 Å². The van der Waals surface area contributed by atoms with Crippen LogP contribution in [-0.2, 0) is 0 Å². The number of amides is 1. The predicted octanol–water partition coefficient (Wildman–Crippen LogP) is 5.38. The van der Waals surface area contributed by atoms with Gasteiger partial charge in [-0.2, -0.15) is 0 Å². The summed E-state index contributed by atoms with van der Waals surface area (Å²) in [6.07, 6.45) is 7.26. The third kappa shape index (κ3) is 3.99. The molecule has 0 spiro atoms. The number of carbonyl (C=O) groups is 1. The second-order valence-electron chi connectivity index (χ2n) is 8.73. The normalized spacial score (nSPS) is 18.4. The number of hydrogen-bond acceptors (Lipinski definition) is 6. The summed E-state index contributed by atoms with van der Waals surface area (Å²) in [5.41, 5.74) is 1.78. The Balaban J connectivity index is 1.44. The molecule has 0 saturated heterocycles. The zero-order chi connectivity index (χ0) is 23.8. The van der Waals surface area contributed by atoms with E-state index in [9.17, 15) is 9.59 Å². The topological polar surface area (TPSA) is 90.0 Å². The molecule has 2 atom stereocenters. The first-order valence-electron chi connectivity index (χ1n) is 11.4. The number of fused-ring (bicyclic) bond motifs is 3. The average Bonchev–Trinajstić information content (AvgIpc) is 3.24. The van der Waals surface area contributed by atoms with Crippen molar-refractivity contribution < 1.29 is 9.32 Å². The maximum absolute atomic E-state index is 13.6. The van der Waals surface area contributed by atoms with Gasteiger partial charge in [-0.15, -0.1) is 11.8 Å². The van der Waals surface area contributed by atoms with Crippen molar-refractivity contribution in [2.45, 2.75) is 43.7 Å². The number of nitrogens with one attached hydrogen (secondary N) is 1. The summed E-state index contributed by atoms with van der Waals surface area (Å²) in [7, 11) is 0. The Bertz CT molecular complexity index is 1450. The van der Waals surface area contributed by atoms with E-state index in [2.05, 4.69) is 15.5 Å². The molecule has 0 aliphatic heterocycles. The molecule has 176 valence electrons. The number of thioether (sulfide) groups is 1. The second kappa shape index (κ2) is 9.43. The van der Waals surface area contributed by atoms with Crippen molar-refractivity contribution in [2.24, 2.45) is 5.92 Å². The highest BCUT2D eigenvalue weighted by molar-refractivity contribution is 7.98. The summed E-state index contributed by atoms with van der Waals surface area (Å²) < 4.78 is 7.24. The molecule has 7 nitrogen and oxygen atoms in total. The van der Waals surface area contributed by atoms with Gasteiger partial charge in [0.1, 0.15) is 21.7 Å². The first-order chi connectivity index (χ1) is 16.5. The summed E-state index contributed by atoms with van der Waals surface area (Å²) >= 11 is 8.01. The lowest BCUT2D eigenvalue weighted by molar-refractivity contribution is 0.0936. The summed E-state index contributed by atoms with van der Waals surface area (Å²) in [4.78, 5) is 30.7. The summed E-state index contributed by atoms with van der Waals surface area (Å²) in [5.74, 6) is 0.643. The van der Waals surface area contributed by atoms with Gasteiger partial charge in [-0.05, 0) is 62.6 Å². The maximum Gasteiger partial charge on any atom is 0.264 e. The van der Waals surface area contributed by atoms with Crippen LogP contribution in [0.1, 0.15) is 47.8 Å². The molecule has 5 rings (SSSR count). The zero-order valence-corrected chi connectivity index (χ0v) is 20.6. The van der Waals surface area contributed by atoms with E-state index >= 15 is 0 Å². The standard InChI is InChI=1S/C25H25ClN4O3S/c1-14-20-22(29-33-14)21-18(26)9-4-10-19(21)30(25(20)32)16-7-3-6-15(12-16)13-28-23(31)17-8-5-11-27-24(17)34-2/h4-5,8-11,15-16H,3,6-7,12-13H2,1-2H3,(H,28,31)/t15-,16+/m1/s1. The Labute approximate surface area is 205 Å². The minimum Gasteiger partial charge on any atom is -0.360 e. The van der Waals surface area contributed by atoms with Crippen LogP contribution < -0.4 is 10.9 Å². The molecule has 1 aliphatic carbocycles. The van der Waals surface area contributed by atoms with Crippen LogP contribution in [0.25, 0.3) is 21.8 Å². The molecule has 1 amide bonds. The predicted molar refractivity (Wildman–Crippen MR) is 135 cm³/mol. The Morgan fingerprint density at radius 2 is 2.12 bits per heavy atom. The fourth-order valence-corrected chi connectivity index (χ4v) is 5.88. The van der Waals surface area contributed by atoms with Crippen LogP contribution in [0, 0.1) is 12.8 Å². The number of aryl methyl sites for hydroxylation is 1. The van der Waals surface area contributed by atoms with Gasteiger partial charge in [0.2, 0.25) is 0 Å². The lowest BCUT2D eigenvalue weighted by Gasteiger charge is -2.31.